The van der Waals surface area contributed by atoms with Gasteiger partial charge in [0, 0.05) is 26.2 Å². The molecule has 2 heterocycles. The fourth-order valence-corrected chi connectivity index (χ4v) is 4.24. The molecule has 2 fully saturated rings. The number of piperidine rings is 1. The summed E-state index contributed by atoms with van der Waals surface area (Å²) in [4.78, 5) is 0. The Morgan fingerprint density at radius 2 is 1.65 bits per heavy atom. The Hall–Kier alpha value is 0.0800. The van der Waals surface area contributed by atoms with E-state index >= 15 is 0 Å². The number of hydrogen-bond donors (Lipinski definition) is 1. The molecule has 2 aliphatic rings. The maximum Gasteiger partial charge on any atom is 0.282 e. The van der Waals surface area contributed by atoms with Crippen LogP contribution in [0.4, 0.5) is 0 Å². The standard InChI is InChI=1S/C12H25N3O3S.ClH/c1-2-13-11-12-3-5-14(6-4-12)19(16,17)15-7-9-18-10-8-15;/h12-13H,2-11H2,1H3;1H. The van der Waals surface area contributed by atoms with Gasteiger partial charge in [0.25, 0.3) is 10.2 Å². The molecule has 0 atom stereocenters. The molecule has 0 unspecified atom stereocenters. The molecule has 2 rings (SSSR count). The van der Waals surface area contributed by atoms with Crippen molar-refractivity contribution in [3.63, 3.8) is 0 Å². The van der Waals surface area contributed by atoms with E-state index in [2.05, 4.69) is 12.2 Å². The van der Waals surface area contributed by atoms with Gasteiger partial charge in [-0.05, 0) is 31.8 Å². The summed E-state index contributed by atoms with van der Waals surface area (Å²) in [6.45, 7) is 7.36. The molecule has 0 bridgehead atoms. The molecule has 1 N–H and O–H groups in total. The molecule has 20 heavy (non-hydrogen) atoms. The maximum absolute atomic E-state index is 12.4. The van der Waals surface area contributed by atoms with Gasteiger partial charge in [-0.2, -0.15) is 17.0 Å². The normalized spacial score (nSPS) is 23.4. The third-order valence-corrected chi connectivity index (χ3v) is 5.91. The Morgan fingerprint density at radius 3 is 2.20 bits per heavy atom. The molecule has 0 amide bonds. The highest BCUT2D eigenvalue weighted by Gasteiger charge is 2.33. The number of rotatable bonds is 5. The number of hydrogen-bond acceptors (Lipinski definition) is 4. The summed E-state index contributed by atoms with van der Waals surface area (Å²) in [5.74, 6) is 0.607. The number of halogens is 1. The Labute approximate surface area is 128 Å². The van der Waals surface area contributed by atoms with Crippen LogP contribution < -0.4 is 5.32 Å². The van der Waals surface area contributed by atoms with Crippen LogP contribution in [0, 0.1) is 5.92 Å². The van der Waals surface area contributed by atoms with E-state index in [1.165, 1.54) is 0 Å². The molecule has 2 saturated heterocycles. The highest BCUT2D eigenvalue weighted by Crippen LogP contribution is 2.21. The predicted octanol–water partition coefficient (Wildman–Crippen LogP) is 0.307. The van der Waals surface area contributed by atoms with Gasteiger partial charge in [0.2, 0.25) is 0 Å². The van der Waals surface area contributed by atoms with Crippen molar-refractivity contribution in [1.82, 2.24) is 13.9 Å². The summed E-state index contributed by atoms with van der Waals surface area (Å²) in [7, 11) is -3.26. The van der Waals surface area contributed by atoms with Crippen molar-refractivity contribution in [2.45, 2.75) is 19.8 Å². The molecular weight excluding hydrogens is 302 g/mol. The lowest BCUT2D eigenvalue weighted by atomic mass is 9.98. The second-order valence-electron chi connectivity index (χ2n) is 5.17. The fraction of sp³-hybridized carbons (Fsp3) is 1.00. The van der Waals surface area contributed by atoms with Crippen LogP contribution in [0.15, 0.2) is 0 Å². The van der Waals surface area contributed by atoms with Gasteiger partial charge < -0.3 is 10.1 Å². The zero-order chi connectivity index (χ0) is 13.7. The predicted molar refractivity (Wildman–Crippen MR) is 81.4 cm³/mol. The quantitative estimate of drug-likeness (QED) is 0.789. The molecule has 0 aromatic carbocycles. The number of nitrogens with zero attached hydrogens (tertiary/aromatic N) is 2. The van der Waals surface area contributed by atoms with E-state index in [9.17, 15) is 8.42 Å². The second kappa shape index (κ2) is 8.51. The zero-order valence-corrected chi connectivity index (χ0v) is 13.7. The molecule has 2 aliphatic heterocycles. The SMILES string of the molecule is CCNCC1CCN(S(=O)(=O)N2CCOCC2)CC1.Cl. The molecule has 0 spiro atoms. The largest absolute Gasteiger partial charge is 0.379 e. The minimum atomic E-state index is -3.26. The molecule has 0 radical (unpaired) electrons. The maximum atomic E-state index is 12.4. The smallest absolute Gasteiger partial charge is 0.282 e. The summed E-state index contributed by atoms with van der Waals surface area (Å²) in [5, 5.41) is 3.34. The lowest BCUT2D eigenvalue weighted by molar-refractivity contribution is 0.0693. The van der Waals surface area contributed by atoms with E-state index in [0.717, 1.165) is 25.9 Å². The van der Waals surface area contributed by atoms with Crippen LogP contribution in [0.3, 0.4) is 0 Å². The molecule has 0 aromatic heterocycles. The summed E-state index contributed by atoms with van der Waals surface area (Å²) < 4.78 is 33.3. The molecule has 8 heteroatoms. The first-order valence-electron chi connectivity index (χ1n) is 7.18. The van der Waals surface area contributed by atoms with Crippen molar-refractivity contribution in [3.8, 4) is 0 Å². The fourth-order valence-electron chi connectivity index (χ4n) is 2.63. The summed E-state index contributed by atoms with van der Waals surface area (Å²) in [5.41, 5.74) is 0. The topological polar surface area (TPSA) is 61.9 Å². The van der Waals surface area contributed by atoms with Crippen LogP contribution in [-0.2, 0) is 14.9 Å². The van der Waals surface area contributed by atoms with Gasteiger partial charge in [0.15, 0.2) is 0 Å². The second-order valence-corrected chi connectivity index (χ2v) is 7.10. The molecular formula is C12H26ClN3O3S. The van der Waals surface area contributed by atoms with E-state index in [-0.39, 0.29) is 12.4 Å². The third kappa shape index (κ3) is 4.54. The van der Waals surface area contributed by atoms with E-state index in [1.807, 2.05) is 0 Å². The van der Waals surface area contributed by atoms with E-state index < -0.39 is 10.2 Å². The van der Waals surface area contributed by atoms with Crippen LogP contribution in [0.1, 0.15) is 19.8 Å². The summed E-state index contributed by atoms with van der Waals surface area (Å²) >= 11 is 0. The molecule has 6 nitrogen and oxygen atoms in total. The zero-order valence-electron chi connectivity index (χ0n) is 12.1. The summed E-state index contributed by atoms with van der Waals surface area (Å²) in [6.07, 6.45) is 1.91. The Bertz CT molecular complexity index is 366. The van der Waals surface area contributed by atoms with Crippen molar-refractivity contribution in [3.05, 3.63) is 0 Å². The van der Waals surface area contributed by atoms with Crippen molar-refractivity contribution in [2.24, 2.45) is 5.92 Å². The number of morpholine rings is 1. The van der Waals surface area contributed by atoms with Gasteiger partial charge in [-0.25, -0.2) is 0 Å². The lowest BCUT2D eigenvalue weighted by Gasteiger charge is -2.36. The highest BCUT2D eigenvalue weighted by molar-refractivity contribution is 7.86. The van der Waals surface area contributed by atoms with Crippen LogP contribution in [0.25, 0.3) is 0 Å². The van der Waals surface area contributed by atoms with E-state index in [1.54, 1.807) is 8.61 Å². The Morgan fingerprint density at radius 1 is 1.10 bits per heavy atom. The Balaban J connectivity index is 0.00000200. The monoisotopic (exact) mass is 327 g/mol. The van der Waals surface area contributed by atoms with Crippen LogP contribution >= 0.6 is 12.4 Å². The number of nitrogens with one attached hydrogen (secondary N) is 1. The number of ether oxygens (including phenoxy) is 1. The van der Waals surface area contributed by atoms with Crippen LogP contribution in [0.2, 0.25) is 0 Å². The van der Waals surface area contributed by atoms with E-state index in [0.29, 0.717) is 45.3 Å². The van der Waals surface area contributed by atoms with Gasteiger partial charge in [-0.1, -0.05) is 6.92 Å². The van der Waals surface area contributed by atoms with Crippen molar-refractivity contribution in [1.29, 1.82) is 0 Å². The van der Waals surface area contributed by atoms with Crippen LogP contribution in [0.5, 0.6) is 0 Å². The van der Waals surface area contributed by atoms with E-state index in [4.69, 9.17) is 4.74 Å². The molecule has 120 valence electrons. The first-order valence-corrected chi connectivity index (χ1v) is 8.58. The van der Waals surface area contributed by atoms with Crippen molar-refractivity contribution >= 4 is 22.6 Å². The minimum absolute atomic E-state index is 0. The average Bonchev–Trinajstić information content (AvgIpc) is 2.46. The lowest BCUT2D eigenvalue weighted by Crippen LogP contribution is -2.51. The molecule has 0 aliphatic carbocycles. The van der Waals surface area contributed by atoms with Gasteiger partial charge >= 0.3 is 0 Å². The summed E-state index contributed by atoms with van der Waals surface area (Å²) in [6, 6.07) is 0. The van der Waals surface area contributed by atoms with Crippen LogP contribution in [-0.4, -0.2) is 69.5 Å². The van der Waals surface area contributed by atoms with Gasteiger partial charge in [0.05, 0.1) is 13.2 Å². The average molecular weight is 328 g/mol. The van der Waals surface area contributed by atoms with Gasteiger partial charge in [0.1, 0.15) is 0 Å². The molecule has 0 aromatic rings. The third-order valence-electron chi connectivity index (χ3n) is 3.88. The van der Waals surface area contributed by atoms with Crippen molar-refractivity contribution in [2.75, 3.05) is 52.5 Å². The molecule has 0 saturated carbocycles. The minimum Gasteiger partial charge on any atom is -0.379 e. The van der Waals surface area contributed by atoms with Gasteiger partial charge in [-0.15, -0.1) is 12.4 Å². The Kier molecular flexibility index (Phi) is 7.71. The first kappa shape index (κ1) is 18.1. The first-order chi connectivity index (χ1) is 9.14. The van der Waals surface area contributed by atoms with Crippen molar-refractivity contribution < 1.29 is 13.2 Å². The highest BCUT2D eigenvalue weighted by atomic mass is 35.5. The van der Waals surface area contributed by atoms with Gasteiger partial charge in [-0.3, -0.25) is 0 Å².